The molecule has 1 aromatic heterocycles. The third kappa shape index (κ3) is 3.93. The molecule has 0 bridgehead atoms. The van der Waals surface area contributed by atoms with Crippen molar-refractivity contribution in [2.75, 3.05) is 0 Å². The molecule has 0 saturated carbocycles. The van der Waals surface area contributed by atoms with Gasteiger partial charge in [-0.05, 0) is 39.7 Å². The van der Waals surface area contributed by atoms with Gasteiger partial charge in [0.1, 0.15) is 10.0 Å². The third-order valence-electron chi connectivity index (χ3n) is 2.46. The molecule has 2 aromatic rings. The van der Waals surface area contributed by atoms with E-state index < -0.39 is 10.0 Å². The number of rotatable bonds is 4. The Hall–Kier alpha value is -0.660. The van der Waals surface area contributed by atoms with Crippen molar-refractivity contribution in [3.63, 3.8) is 0 Å². The molecular weight excluding hydrogens is 387 g/mol. The predicted molar refractivity (Wildman–Crippen MR) is 82.4 cm³/mol. The van der Waals surface area contributed by atoms with Crippen LogP contribution in [0.5, 0.6) is 0 Å². The number of pyridine rings is 1. The van der Waals surface area contributed by atoms with Gasteiger partial charge in [0.2, 0.25) is 10.0 Å². The van der Waals surface area contributed by atoms with E-state index in [4.69, 9.17) is 23.2 Å². The fourth-order valence-corrected chi connectivity index (χ4v) is 3.13. The molecule has 0 atom stereocenters. The van der Waals surface area contributed by atoms with Crippen LogP contribution >= 0.6 is 39.1 Å². The maximum atomic E-state index is 12.1. The van der Waals surface area contributed by atoms with Crippen molar-refractivity contribution in [2.24, 2.45) is 0 Å². The van der Waals surface area contributed by atoms with Crippen LogP contribution in [0.1, 0.15) is 5.56 Å². The summed E-state index contributed by atoms with van der Waals surface area (Å²) in [5, 5.41) is 0.809. The van der Waals surface area contributed by atoms with E-state index in [0.717, 1.165) is 5.56 Å². The maximum absolute atomic E-state index is 12.1. The zero-order chi connectivity index (χ0) is 14.8. The molecule has 0 spiro atoms. The van der Waals surface area contributed by atoms with Crippen LogP contribution in [0.3, 0.4) is 0 Å². The molecule has 4 nitrogen and oxygen atoms in total. The maximum Gasteiger partial charge on any atom is 0.242 e. The monoisotopic (exact) mass is 394 g/mol. The molecule has 0 radical (unpaired) electrons. The summed E-state index contributed by atoms with van der Waals surface area (Å²) in [6, 6.07) is 8.30. The van der Waals surface area contributed by atoms with E-state index in [1.807, 2.05) is 0 Å². The van der Waals surface area contributed by atoms with E-state index >= 15 is 0 Å². The van der Waals surface area contributed by atoms with E-state index in [9.17, 15) is 8.42 Å². The van der Waals surface area contributed by atoms with Gasteiger partial charge in [-0.1, -0.05) is 35.3 Å². The van der Waals surface area contributed by atoms with Crippen LogP contribution in [0.15, 0.2) is 45.9 Å². The van der Waals surface area contributed by atoms with Gasteiger partial charge < -0.3 is 0 Å². The Bertz CT molecular complexity index is 721. The average Bonchev–Trinajstić information content (AvgIpc) is 2.41. The van der Waals surface area contributed by atoms with E-state index in [1.165, 1.54) is 12.3 Å². The number of hydrogen-bond donors (Lipinski definition) is 1. The molecule has 0 saturated heterocycles. The lowest BCUT2D eigenvalue weighted by atomic mass is 10.2. The van der Waals surface area contributed by atoms with E-state index in [2.05, 4.69) is 25.6 Å². The summed E-state index contributed by atoms with van der Waals surface area (Å²) in [6.45, 7) is 0.166. The van der Waals surface area contributed by atoms with Crippen molar-refractivity contribution < 1.29 is 8.42 Å². The van der Waals surface area contributed by atoms with Gasteiger partial charge in [0.15, 0.2) is 0 Å². The highest BCUT2D eigenvalue weighted by molar-refractivity contribution is 9.10. The first kappa shape index (κ1) is 15.7. The highest BCUT2D eigenvalue weighted by Gasteiger charge is 2.15. The lowest BCUT2D eigenvalue weighted by molar-refractivity contribution is 0.581. The zero-order valence-corrected chi connectivity index (χ0v) is 13.9. The Kier molecular flexibility index (Phi) is 5.04. The molecule has 0 amide bonds. The summed E-state index contributed by atoms with van der Waals surface area (Å²) in [5.74, 6) is 0. The summed E-state index contributed by atoms with van der Waals surface area (Å²) < 4.78 is 27.1. The van der Waals surface area contributed by atoms with Crippen LogP contribution in [0.25, 0.3) is 0 Å². The zero-order valence-electron chi connectivity index (χ0n) is 9.98. The fraction of sp³-hybridized carbons (Fsp3) is 0.0833. The van der Waals surface area contributed by atoms with Gasteiger partial charge in [0, 0.05) is 17.8 Å². The summed E-state index contributed by atoms with van der Waals surface area (Å²) in [5.41, 5.74) is 0.805. The van der Waals surface area contributed by atoms with Crippen molar-refractivity contribution >= 4 is 49.2 Å². The van der Waals surface area contributed by atoms with Crippen LogP contribution in [0, 0.1) is 0 Å². The number of aromatic nitrogens is 1. The second-order valence-electron chi connectivity index (χ2n) is 3.89. The van der Waals surface area contributed by atoms with Crippen LogP contribution in [0.2, 0.25) is 10.2 Å². The smallest absolute Gasteiger partial charge is 0.242 e. The van der Waals surface area contributed by atoms with E-state index in [-0.39, 0.29) is 16.6 Å². The fourth-order valence-electron chi connectivity index (χ4n) is 1.41. The Morgan fingerprint density at radius 2 is 1.85 bits per heavy atom. The minimum atomic E-state index is -3.64. The third-order valence-corrected chi connectivity index (χ3v) is 5.22. The topological polar surface area (TPSA) is 59.1 Å². The lowest BCUT2D eigenvalue weighted by Crippen LogP contribution is -2.23. The molecule has 8 heteroatoms. The van der Waals surface area contributed by atoms with Gasteiger partial charge in [0.05, 0.1) is 4.47 Å². The van der Waals surface area contributed by atoms with Gasteiger partial charge in [0.25, 0.3) is 0 Å². The second kappa shape index (κ2) is 6.41. The van der Waals surface area contributed by atoms with Crippen LogP contribution in [0.4, 0.5) is 0 Å². The minimum absolute atomic E-state index is 0.0442. The van der Waals surface area contributed by atoms with Gasteiger partial charge in [-0.2, -0.15) is 0 Å². The highest BCUT2D eigenvalue weighted by atomic mass is 79.9. The molecule has 0 aliphatic rings. The molecule has 2 rings (SSSR count). The van der Waals surface area contributed by atoms with Crippen molar-refractivity contribution in [3.8, 4) is 0 Å². The lowest BCUT2D eigenvalue weighted by Gasteiger charge is -2.07. The second-order valence-corrected chi connectivity index (χ2v) is 7.31. The van der Waals surface area contributed by atoms with Crippen molar-refractivity contribution in [1.29, 1.82) is 0 Å². The van der Waals surface area contributed by atoms with Gasteiger partial charge in [-0.3, -0.25) is 0 Å². The molecule has 1 aromatic carbocycles. The predicted octanol–water partition coefficient (Wildman–Crippen LogP) is 3.63. The summed E-state index contributed by atoms with van der Waals surface area (Å²) >= 11 is 14.6. The quantitative estimate of drug-likeness (QED) is 0.804. The van der Waals surface area contributed by atoms with Crippen LogP contribution < -0.4 is 4.72 Å². The molecule has 20 heavy (non-hydrogen) atoms. The van der Waals surface area contributed by atoms with Crippen LogP contribution in [-0.4, -0.2) is 13.4 Å². The molecule has 1 heterocycles. The number of nitrogens with one attached hydrogen (secondary N) is 1. The molecule has 0 aliphatic carbocycles. The largest absolute Gasteiger partial charge is 0.242 e. The van der Waals surface area contributed by atoms with E-state index in [0.29, 0.717) is 9.50 Å². The molecule has 0 aliphatic heterocycles. The molecular formula is C12H9BrCl2N2O2S. The molecule has 0 fully saturated rings. The SMILES string of the molecule is O=S(=O)(NCc1ccc(Cl)cc1)c1cnc(Cl)c(Br)c1. The van der Waals surface area contributed by atoms with Crippen molar-refractivity contribution in [1.82, 2.24) is 9.71 Å². The first-order valence-corrected chi connectivity index (χ1v) is 8.47. The van der Waals surface area contributed by atoms with Crippen molar-refractivity contribution in [2.45, 2.75) is 11.4 Å². The Labute approximate surface area is 135 Å². The van der Waals surface area contributed by atoms with Gasteiger partial charge in [-0.15, -0.1) is 0 Å². The summed E-state index contributed by atoms with van der Waals surface area (Å²) in [4.78, 5) is 3.84. The molecule has 106 valence electrons. The summed E-state index contributed by atoms with van der Waals surface area (Å²) in [6.07, 6.45) is 1.21. The van der Waals surface area contributed by atoms with Gasteiger partial charge >= 0.3 is 0 Å². The Morgan fingerprint density at radius 1 is 1.20 bits per heavy atom. The molecule has 0 unspecified atom stereocenters. The first-order chi connectivity index (χ1) is 9.38. The van der Waals surface area contributed by atoms with Crippen molar-refractivity contribution in [3.05, 3.63) is 56.7 Å². The summed E-state index contributed by atoms with van der Waals surface area (Å²) in [7, 11) is -3.64. The number of halogens is 3. The standard InChI is InChI=1S/C12H9BrCl2N2O2S/c13-11-5-10(7-16-12(11)15)20(18,19)17-6-8-1-3-9(14)4-2-8/h1-5,7,17H,6H2. The number of nitrogens with zero attached hydrogens (tertiary/aromatic N) is 1. The first-order valence-electron chi connectivity index (χ1n) is 5.43. The van der Waals surface area contributed by atoms with Crippen LogP contribution in [-0.2, 0) is 16.6 Å². The van der Waals surface area contributed by atoms with E-state index in [1.54, 1.807) is 24.3 Å². The number of sulfonamides is 1. The average molecular weight is 396 g/mol. The normalized spacial score (nSPS) is 11.6. The minimum Gasteiger partial charge on any atom is -0.242 e. The molecule has 1 N–H and O–H groups in total. The number of hydrogen-bond acceptors (Lipinski definition) is 3. The number of benzene rings is 1. The Morgan fingerprint density at radius 3 is 2.45 bits per heavy atom. The Balaban J connectivity index is 2.14. The highest BCUT2D eigenvalue weighted by Crippen LogP contribution is 2.22. The van der Waals surface area contributed by atoms with Gasteiger partial charge in [-0.25, -0.2) is 18.1 Å².